The SMILES string of the molecule is CCC(C)CCCCCCCCCCC(=O)OC[C@H](COP(=O)(O)OCC(O)COP(=O)(O)OC[C@@H](COC(=O)CCCCCCCCC(C)C)OC(=O)CCCCCCCCCCCCCCCCCC(C)C)OC(=O)CCCCCCCCCCCCCC(C)C. The van der Waals surface area contributed by atoms with Crippen LogP contribution < -0.4 is 0 Å². The number of unbranched alkanes of at least 4 members (excludes halogenated alkanes) is 36. The third-order valence-corrected chi connectivity index (χ3v) is 19.3. The highest BCUT2D eigenvalue weighted by Crippen LogP contribution is 2.45. The van der Waals surface area contributed by atoms with Crippen LogP contribution in [0.15, 0.2) is 0 Å². The molecule has 0 aliphatic heterocycles. The minimum Gasteiger partial charge on any atom is -0.462 e. The molecule has 0 aromatic rings. The Kier molecular flexibility index (Phi) is 62.2. The van der Waals surface area contributed by atoms with Crippen molar-refractivity contribution in [2.24, 2.45) is 23.7 Å². The van der Waals surface area contributed by atoms with Crippen molar-refractivity contribution in [1.82, 2.24) is 0 Å². The molecule has 0 radical (unpaired) electrons. The maximum absolute atomic E-state index is 13.0. The Balaban J connectivity index is 5.22. The van der Waals surface area contributed by atoms with E-state index in [1.54, 1.807) is 0 Å². The van der Waals surface area contributed by atoms with Crippen molar-refractivity contribution in [2.45, 2.75) is 388 Å². The fraction of sp³-hybridized carbons (Fsp3) is 0.946. The molecule has 552 valence electrons. The fourth-order valence-corrected chi connectivity index (χ4v) is 12.7. The number of carbonyl (C=O) groups is 4. The van der Waals surface area contributed by atoms with Gasteiger partial charge in [-0.2, -0.15) is 0 Å². The summed E-state index contributed by atoms with van der Waals surface area (Å²) in [5, 5.41) is 10.6. The number of hydrogen-bond acceptors (Lipinski definition) is 15. The molecule has 6 atom stereocenters. The molecule has 17 nitrogen and oxygen atoms in total. The van der Waals surface area contributed by atoms with Gasteiger partial charge in [-0.05, 0) is 49.4 Å². The van der Waals surface area contributed by atoms with Crippen LogP contribution in [-0.2, 0) is 65.4 Å². The zero-order valence-corrected chi connectivity index (χ0v) is 62.7. The third-order valence-electron chi connectivity index (χ3n) is 17.4. The molecule has 0 saturated carbocycles. The first kappa shape index (κ1) is 91.1. The molecule has 0 aromatic carbocycles. The second-order valence-corrected chi connectivity index (χ2v) is 31.3. The van der Waals surface area contributed by atoms with E-state index >= 15 is 0 Å². The average Bonchev–Trinajstić information content (AvgIpc) is 3.59. The van der Waals surface area contributed by atoms with E-state index in [1.807, 2.05) is 0 Å². The lowest BCUT2D eigenvalue weighted by molar-refractivity contribution is -0.161. The van der Waals surface area contributed by atoms with E-state index in [4.69, 9.17) is 37.0 Å². The number of carbonyl (C=O) groups excluding carboxylic acids is 4. The van der Waals surface area contributed by atoms with Crippen molar-refractivity contribution < 1.29 is 80.2 Å². The van der Waals surface area contributed by atoms with Crippen molar-refractivity contribution in [3.8, 4) is 0 Å². The third kappa shape index (κ3) is 67.0. The van der Waals surface area contributed by atoms with Gasteiger partial charge in [-0.3, -0.25) is 37.3 Å². The van der Waals surface area contributed by atoms with Gasteiger partial charge in [0.1, 0.15) is 19.3 Å². The highest BCUT2D eigenvalue weighted by Gasteiger charge is 2.30. The predicted octanol–water partition coefficient (Wildman–Crippen LogP) is 21.3. The number of rotatable bonds is 71. The topological polar surface area (TPSA) is 237 Å². The summed E-state index contributed by atoms with van der Waals surface area (Å²) in [6.45, 7) is 14.1. The maximum atomic E-state index is 13.0. The Bertz CT molecular complexity index is 1840. The van der Waals surface area contributed by atoms with Gasteiger partial charge in [0, 0.05) is 25.7 Å². The molecule has 0 rings (SSSR count). The molecule has 0 heterocycles. The first-order valence-corrected chi connectivity index (χ1v) is 41.2. The van der Waals surface area contributed by atoms with Crippen LogP contribution >= 0.6 is 15.6 Å². The quantitative estimate of drug-likeness (QED) is 0.0222. The highest BCUT2D eigenvalue weighted by atomic mass is 31.2. The summed E-state index contributed by atoms with van der Waals surface area (Å²) in [5.74, 6) is 0.899. The summed E-state index contributed by atoms with van der Waals surface area (Å²) in [4.78, 5) is 72.7. The van der Waals surface area contributed by atoms with Crippen LogP contribution in [0.5, 0.6) is 0 Å². The van der Waals surface area contributed by atoms with Gasteiger partial charge >= 0.3 is 39.5 Å². The molecule has 0 amide bonds. The summed E-state index contributed by atoms with van der Waals surface area (Å²) in [7, 11) is -9.91. The summed E-state index contributed by atoms with van der Waals surface area (Å²) < 4.78 is 68.4. The number of aliphatic hydroxyl groups excluding tert-OH is 1. The summed E-state index contributed by atoms with van der Waals surface area (Å²) in [6.07, 6.45) is 47.3. The van der Waals surface area contributed by atoms with Crippen molar-refractivity contribution in [2.75, 3.05) is 39.6 Å². The number of aliphatic hydroxyl groups is 1. The molecule has 0 saturated heterocycles. The Labute approximate surface area is 568 Å². The van der Waals surface area contributed by atoms with Gasteiger partial charge < -0.3 is 33.8 Å². The Morgan fingerprint density at radius 2 is 0.516 bits per heavy atom. The van der Waals surface area contributed by atoms with Crippen molar-refractivity contribution in [3.05, 3.63) is 0 Å². The Morgan fingerprint density at radius 3 is 0.763 bits per heavy atom. The minimum absolute atomic E-state index is 0.105. The zero-order chi connectivity index (χ0) is 68.9. The zero-order valence-electron chi connectivity index (χ0n) is 60.9. The first-order valence-electron chi connectivity index (χ1n) is 38.2. The van der Waals surface area contributed by atoms with Gasteiger partial charge in [0.25, 0.3) is 0 Å². The Hall–Kier alpha value is -1.94. The van der Waals surface area contributed by atoms with Crippen molar-refractivity contribution in [3.63, 3.8) is 0 Å². The van der Waals surface area contributed by atoms with E-state index in [-0.39, 0.29) is 25.7 Å². The molecule has 0 aliphatic carbocycles. The van der Waals surface area contributed by atoms with Gasteiger partial charge in [0.2, 0.25) is 0 Å². The van der Waals surface area contributed by atoms with Gasteiger partial charge in [0.05, 0.1) is 26.4 Å². The smallest absolute Gasteiger partial charge is 0.462 e. The lowest BCUT2D eigenvalue weighted by Crippen LogP contribution is -2.30. The number of phosphoric ester groups is 2. The number of phosphoric acid groups is 2. The second kappa shape index (κ2) is 63.5. The van der Waals surface area contributed by atoms with E-state index in [0.717, 1.165) is 114 Å². The molecular weight excluding hydrogens is 1220 g/mol. The molecule has 0 aromatic heterocycles. The van der Waals surface area contributed by atoms with E-state index in [2.05, 4.69) is 55.4 Å². The largest absolute Gasteiger partial charge is 0.472 e. The number of hydrogen-bond donors (Lipinski definition) is 3. The van der Waals surface area contributed by atoms with E-state index in [9.17, 15) is 43.2 Å². The van der Waals surface area contributed by atoms with Crippen LogP contribution in [0.25, 0.3) is 0 Å². The van der Waals surface area contributed by atoms with Crippen LogP contribution in [0.1, 0.15) is 370 Å². The normalized spacial score (nSPS) is 14.5. The predicted molar refractivity (Wildman–Crippen MR) is 377 cm³/mol. The van der Waals surface area contributed by atoms with Crippen LogP contribution in [-0.4, -0.2) is 96.7 Å². The lowest BCUT2D eigenvalue weighted by Gasteiger charge is -2.21. The molecule has 0 bridgehead atoms. The molecule has 0 aliphatic rings. The molecular formula is C74H144O17P2. The van der Waals surface area contributed by atoms with Crippen LogP contribution in [0.4, 0.5) is 0 Å². The molecule has 4 unspecified atom stereocenters. The molecule has 19 heteroatoms. The lowest BCUT2D eigenvalue weighted by atomic mass is 9.99. The standard InChI is InChI=1S/C74H144O17P2/c1-9-67(8)53-45-37-28-24-25-29-38-46-54-71(76)84-60-69(90-74(79)57-49-41-31-23-19-15-17-21-27-35-43-51-65(4)5)62-88-92(80,81)86-58-68(75)59-87-93(82,83)89-63-70(61-85-72(77)55-47-39-33-32-36-44-52-66(6)7)91-73(78)56-48-40-30-22-18-14-12-10-11-13-16-20-26-34-42-50-64(2)3/h64-70,75H,9-63H2,1-8H3,(H,80,81)(H,82,83)/t67?,68?,69-,70-/m1/s1. The first-order chi connectivity index (χ1) is 44.6. The van der Waals surface area contributed by atoms with Crippen LogP contribution in [0.2, 0.25) is 0 Å². The average molecular weight is 1370 g/mol. The van der Waals surface area contributed by atoms with Gasteiger partial charge in [-0.25, -0.2) is 9.13 Å². The van der Waals surface area contributed by atoms with Gasteiger partial charge in [0.15, 0.2) is 12.2 Å². The second-order valence-electron chi connectivity index (χ2n) is 28.4. The maximum Gasteiger partial charge on any atom is 0.472 e. The summed E-state index contributed by atoms with van der Waals surface area (Å²) in [5.41, 5.74) is 0. The minimum atomic E-state index is -4.95. The Morgan fingerprint density at radius 1 is 0.301 bits per heavy atom. The molecule has 0 spiro atoms. The molecule has 3 N–H and O–H groups in total. The summed E-state index contributed by atoms with van der Waals surface area (Å²) in [6, 6.07) is 0. The number of esters is 4. The number of ether oxygens (including phenoxy) is 4. The van der Waals surface area contributed by atoms with Crippen molar-refractivity contribution >= 4 is 39.5 Å². The van der Waals surface area contributed by atoms with Crippen LogP contribution in [0.3, 0.4) is 0 Å². The van der Waals surface area contributed by atoms with Gasteiger partial charge in [-0.15, -0.1) is 0 Å². The van der Waals surface area contributed by atoms with Crippen LogP contribution in [0, 0.1) is 23.7 Å². The fourth-order valence-electron chi connectivity index (χ4n) is 11.2. The van der Waals surface area contributed by atoms with E-state index in [1.165, 1.54) is 167 Å². The molecule has 93 heavy (non-hydrogen) atoms. The van der Waals surface area contributed by atoms with E-state index in [0.29, 0.717) is 31.6 Å². The monoisotopic (exact) mass is 1370 g/mol. The van der Waals surface area contributed by atoms with Crippen molar-refractivity contribution in [1.29, 1.82) is 0 Å². The van der Waals surface area contributed by atoms with E-state index < -0.39 is 97.5 Å². The van der Waals surface area contributed by atoms with Gasteiger partial charge in [-0.1, -0.05) is 319 Å². The molecule has 0 fully saturated rings. The summed E-state index contributed by atoms with van der Waals surface area (Å²) >= 11 is 0. The highest BCUT2D eigenvalue weighted by molar-refractivity contribution is 7.47.